The van der Waals surface area contributed by atoms with Gasteiger partial charge in [-0.05, 0) is 23.2 Å². The molecule has 0 aromatic heterocycles. The van der Waals surface area contributed by atoms with Crippen LogP contribution in [0.5, 0.6) is 5.75 Å². The van der Waals surface area contributed by atoms with Crippen LogP contribution < -0.4 is 4.74 Å². The Labute approximate surface area is 81.6 Å². The number of aliphatic hydroxyl groups excluding tert-OH is 1. The minimum absolute atomic E-state index is 0.0445. The Hall–Kier alpha value is -1.71. The van der Waals surface area contributed by atoms with E-state index in [0.29, 0.717) is 5.56 Å². The van der Waals surface area contributed by atoms with E-state index in [4.69, 9.17) is 10.3 Å². The van der Waals surface area contributed by atoms with E-state index < -0.39 is 6.10 Å². The molecule has 5 heteroatoms. The number of nitrogens with zero attached hydrogens (tertiary/aromatic N) is 3. The van der Waals surface area contributed by atoms with Crippen LogP contribution in [-0.2, 0) is 0 Å². The number of methoxy groups -OCH3 is 1. The lowest BCUT2D eigenvalue weighted by atomic mass is 10.1. The third-order valence-electron chi connectivity index (χ3n) is 1.82. The number of rotatable bonds is 4. The Morgan fingerprint density at radius 1 is 1.50 bits per heavy atom. The Balaban J connectivity index is 2.70. The zero-order valence-corrected chi connectivity index (χ0v) is 7.79. The summed E-state index contributed by atoms with van der Waals surface area (Å²) in [4.78, 5) is 2.58. The third kappa shape index (κ3) is 2.65. The Bertz CT molecular complexity index is 330. The summed E-state index contributed by atoms with van der Waals surface area (Å²) < 4.78 is 4.97. The molecule has 5 nitrogen and oxygen atoms in total. The second-order valence-corrected chi connectivity index (χ2v) is 2.70. The van der Waals surface area contributed by atoms with Gasteiger partial charge in [0.2, 0.25) is 0 Å². The van der Waals surface area contributed by atoms with Crippen LogP contribution in [0.25, 0.3) is 10.4 Å². The lowest BCUT2D eigenvalue weighted by molar-refractivity contribution is 0.186. The summed E-state index contributed by atoms with van der Waals surface area (Å²) in [7, 11) is 1.57. The molecule has 14 heavy (non-hydrogen) atoms. The summed E-state index contributed by atoms with van der Waals surface area (Å²) in [5.74, 6) is 0.727. The van der Waals surface area contributed by atoms with Gasteiger partial charge in [0.15, 0.2) is 0 Å². The highest BCUT2D eigenvalue weighted by Gasteiger charge is 2.05. The summed E-state index contributed by atoms with van der Waals surface area (Å²) >= 11 is 0. The SMILES string of the molecule is COc1ccc(C(O)CN=[N+]=[N-])cc1. The molecule has 0 heterocycles. The fourth-order valence-corrected chi connectivity index (χ4v) is 1.05. The van der Waals surface area contributed by atoms with E-state index in [0.717, 1.165) is 5.75 Å². The van der Waals surface area contributed by atoms with E-state index in [1.165, 1.54) is 0 Å². The molecule has 1 aromatic carbocycles. The molecule has 0 bridgehead atoms. The van der Waals surface area contributed by atoms with Crippen LogP contribution in [0.4, 0.5) is 0 Å². The first kappa shape index (κ1) is 10.4. The molecule has 0 saturated carbocycles. The van der Waals surface area contributed by atoms with E-state index in [2.05, 4.69) is 10.0 Å². The number of benzene rings is 1. The number of aliphatic hydroxyl groups is 1. The Morgan fingerprint density at radius 3 is 2.64 bits per heavy atom. The topological polar surface area (TPSA) is 78.2 Å². The molecule has 1 atom stereocenters. The van der Waals surface area contributed by atoms with Gasteiger partial charge in [-0.2, -0.15) is 0 Å². The predicted molar refractivity (Wildman–Crippen MR) is 52.0 cm³/mol. The van der Waals surface area contributed by atoms with Crippen molar-refractivity contribution in [3.8, 4) is 5.75 Å². The zero-order valence-electron chi connectivity index (χ0n) is 7.79. The lowest BCUT2D eigenvalue weighted by Gasteiger charge is -2.07. The van der Waals surface area contributed by atoms with Gasteiger partial charge in [0.1, 0.15) is 5.75 Å². The molecule has 0 radical (unpaired) electrons. The maximum atomic E-state index is 9.51. The predicted octanol–water partition coefficient (Wildman–Crippen LogP) is 2.04. The van der Waals surface area contributed by atoms with Crippen molar-refractivity contribution >= 4 is 0 Å². The van der Waals surface area contributed by atoms with Crippen molar-refractivity contribution in [2.75, 3.05) is 13.7 Å². The average Bonchev–Trinajstić information content (AvgIpc) is 2.26. The summed E-state index contributed by atoms with van der Waals surface area (Å²) in [6, 6.07) is 6.95. The van der Waals surface area contributed by atoms with Crippen molar-refractivity contribution in [2.45, 2.75) is 6.10 Å². The quantitative estimate of drug-likeness (QED) is 0.451. The monoisotopic (exact) mass is 193 g/mol. The molecule has 0 saturated heterocycles. The molecule has 0 aliphatic heterocycles. The Morgan fingerprint density at radius 2 is 2.14 bits per heavy atom. The highest BCUT2D eigenvalue weighted by atomic mass is 16.5. The molecule has 0 amide bonds. The lowest BCUT2D eigenvalue weighted by Crippen LogP contribution is -2.00. The summed E-state index contributed by atoms with van der Waals surface area (Å²) in [5.41, 5.74) is 8.78. The van der Waals surface area contributed by atoms with Gasteiger partial charge in [0, 0.05) is 4.91 Å². The number of hydrogen-bond donors (Lipinski definition) is 1. The Kier molecular flexibility index (Phi) is 3.79. The highest BCUT2D eigenvalue weighted by molar-refractivity contribution is 5.28. The smallest absolute Gasteiger partial charge is 0.118 e. The summed E-state index contributed by atoms with van der Waals surface area (Å²) in [5, 5.41) is 12.8. The fourth-order valence-electron chi connectivity index (χ4n) is 1.05. The van der Waals surface area contributed by atoms with E-state index >= 15 is 0 Å². The van der Waals surface area contributed by atoms with Gasteiger partial charge in [-0.1, -0.05) is 17.2 Å². The minimum atomic E-state index is -0.753. The average molecular weight is 193 g/mol. The van der Waals surface area contributed by atoms with Crippen LogP contribution in [0.1, 0.15) is 11.7 Å². The maximum absolute atomic E-state index is 9.51. The van der Waals surface area contributed by atoms with Crippen molar-refractivity contribution in [3.63, 3.8) is 0 Å². The van der Waals surface area contributed by atoms with E-state index in [-0.39, 0.29) is 6.54 Å². The normalized spacial score (nSPS) is 11.6. The standard InChI is InChI=1S/C9H11N3O2/c1-14-8-4-2-7(3-5-8)9(13)6-11-12-10/h2-5,9,13H,6H2,1H3. The van der Waals surface area contributed by atoms with Crippen molar-refractivity contribution in [1.29, 1.82) is 0 Å². The van der Waals surface area contributed by atoms with Crippen LogP contribution in [0, 0.1) is 0 Å². The highest BCUT2D eigenvalue weighted by Crippen LogP contribution is 2.17. The first-order valence-corrected chi connectivity index (χ1v) is 4.11. The first-order chi connectivity index (χ1) is 6.77. The van der Waals surface area contributed by atoms with Gasteiger partial charge < -0.3 is 9.84 Å². The van der Waals surface area contributed by atoms with Crippen molar-refractivity contribution in [2.24, 2.45) is 5.11 Å². The minimum Gasteiger partial charge on any atom is -0.497 e. The van der Waals surface area contributed by atoms with Crippen LogP contribution in [0.15, 0.2) is 29.4 Å². The molecule has 1 rings (SSSR count). The molecule has 0 aliphatic carbocycles. The zero-order chi connectivity index (χ0) is 10.4. The molecular formula is C9H11N3O2. The van der Waals surface area contributed by atoms with Gasteiger partial charge in [0.25, 0.3) is 0 Å². The second kappa shape index (κ2) is 5.11. The number of azide groups is 1. The van der Waals surface area contributed by atoms with Gasteiger partial charge in [-0.25, -0.2) is 0 Å². The van der Waals surface area contributed by atoms with Gasteiger partial charge in [0.05, 0.1) is 19.8 Å². The largest absolute Gasteiger partial charge is 0.497 e. The molecule has 1 unspecified atom stereocenters. The van der Waals surface area contributed by atoms with Gasteiger partial charge in [-0.3, -0.25) is 0 Å². The molecular weight excluding hydrogens is 182 g/mol. The number of hydrogen-bond acceptors (Lipinski definition) is 3. The summed E-state index contributed by atoms with van der Waals surface area (Å²) in [6.45, 7) is 0.0445. The second-order valence-electron chi connectivity index (χ2n) is 2.70. The van der Waals surface area contributed by atoms with Crippen molar-refractivity contribution < 1.29 is 9.84 Å². The molecule has 0 aliphatic rings. The molecule has 74 valence electrons. The van der Waals surface area contributed by atoms with Gasteiger partial charge >= 0.3 is 0 Å². The number of ether oxygens (including phenoxy) is 1. The fraction of sp³-hybridized carbons (Fsp3) is 0.333. The first-order valence-electron chi connectivity index (χ1n) is 4.11. The molecule has 0 fully saturated rings. The molecule has 0 spiro atoms. The van der Waals surface area contributed by atoms with Crippen LogP contribution >= 0.6 is 0 Å². The van der Waals surface area contributed by atoms with Crippen LogP contribution in [0.3, 0.4) is 0 Å². The molecule has 1 aromatic rings. The van der Waals surface area contributed by atoms with Crippen LogP contribution in [-0.4, -0.2) is 18.8 Å². The third-order valence-corrected chi connectivity index (χ3v) is 1.82. The van der Waals surface area contributed by atoms with E-state index in [9.17, 15) is 5.11 Å². The van der Waals surface area contributed by atoms with Crippen LogP contribution in [0.2, 0.25) is 0 Å². The van der Waals surface area contributed by atoms with E-state index in [1.807, 2.05) is 0 Å². The van der Waals surface area contributed by atoms with Crippen molar-refractivity contribution in [1.82, 2.24) is 0 Å². The molecule has 1 N–H and O–H groups in total. The maximum Gasteiger partial charge on any atom is 0.118 e. The summed E-state index contributed by atoms with van der Waals surface area (Å²) in [6.07, 6.45) is -0.753. The van der Waals surface area contributed by atoms with E-state index in [1.54, 1.807) is 31.4 Å². The van der Waals surface area contributed by atoms with Gasteiger partial charge in [-0.15, -0.1) is 0 Å². The van der Waals surface area contributed by atoms with Crippen molar-refractivity contribution in [3.05, 3.63) is 40.3 Å².